The molecule has 96 valence electrons. The molecule has 1 unspecified atom stereocenters. The maximum Gasteiger partial charge on any atom is 0.348 e. The van der Waals surface area contributed by atoms with E-state index in [1.54, 1.807) is 0 Å². The smallest absolute Gasteiger partial charge is 0.348 e. The molecule has 1 atom stereocenters. The minimum atomic E-state index is -2.01. The standard InChI is InChI=1S/C11H16O6/c1-3-5-6-11(10(15)16,7-8(12)13)17-9(14)4-2/h4H,2-3,5-7H2,1H3,(H,12,13)(H,15,16). The highest BCUT2D eigenvalue weighted by molar-refractivity contribution is 5.89. The van der Waals surface area contributed by atoms with E-state index in [1.165, 1.54) is 0 Å². The zero-order valence-corrected chi connectivity index (χ0v) is 9.64. The summed E-state index contributed by atoms with van der Waals surface area (Å²) in [5.74, 6) is -3.73. The average Bonchev–Trinajstić information content (AvgIpc) is 2.24. The molecule has 0 rings (SSSR count). The Bertz CT molecular complexity index is 322. The van der Waals surface area contributed by atoms with Crippen molar-refractivity contribution in [2.75, 3.05) is 0 Å². The van der Waals surface area contributed by atoms with Gasteiger partial charge in [-0.1, -0.05) is 19.9 Å². The van der Waals surface area contributed by atoms with Gasteiger partial charge in [-0.25, -0.2) is 9.59 Å². The van der Waals surface area contributed by atoms with Gasteiger partial charge in [-0.2, -0.15) is 0 Å². The van der Waals surface area contributed by atoms with Gasteiger partial charge in [0.25, 0.3) is 0 Å². The van der Waals surface area contributed by atoms with E-state index >= 15 is 0 Å². The van der Waals surface area contributed by atoms with E-state index in [0.29, 0.717) is 12.8 Å². The van der Waals surface area contributed by atoms with Crippen LogP contribution >= 0.6 is 0 Å². The predicted octanol–water partition coefficient (Wildman–Crippen LogP) is 1.20. The summed E-state index contributed by atoms with van der Waals surface area (Å²) in [7, 11) is 0. The molecule has 17 heavy (non-hydrogen) atoms. The molecule has 0 aromatic heterocycles. The van der Waals surface area contributed by atoms with Crippen molar-refractivity contribution in [3.8, 4) is 0 Å². The van der Waals surface area contributed by atoms with Crippen molar-refractivity contribution in [2.24, 2.45) is 0 Å². The second-order valence-corrected chi connectivity index (χ2v) is 3.60. The third-order valence-electron chi connectivity index (χ3n) is 2.22. The van der Waals surface area contributed by atoms with Gasteiger partial charge in [0.2, 0.25) is 5.60 Å². The number of aliphatic carboxylic acids is 2. The van der Waals surface area contributed by atoms with Crippen molar-refractivity contribution in [3.05, 3.63) is 12.7 Å². The first-order valence-electron chi connectivity index (χ1n) is 5.18. The van der Waals surface area contributed by atoms with Crippen LogP contribution in [0.25, 0.3) is 0 Å². The summed E-state index contributed by atoms with van der Waals surface area (Å²) >= 11 is 0. The first kappa shape index (κ1) is 15.2. The van der Waals surface area contributed by atoms with Gasteiger partial charge in [0, 0.05) is 6.08 Å². The summed E-state index contributed by atoms with van der Waals surface area (Å²) < 4.78 is 4.72. The molecule has 0 aromatic rings. The summed E-state index contributed by atoms with van der Waals surface area (Å²) in [5.41, 5.74) is -2.01. The molecule has 6 heteroatoms. The number of carboxylic acids is 2. The number of hydrogen-bond donors (Lipinski definition) is 2. The topological polar surface area (TPSA) is 101 Å². The van der Waals surface area contributed by atoms with Crippen LogP contribution in [0.1, 0.15) is 32.6 Å². The van der Waals surface area contributed by atoms with Gasteiger partial charge in [-0.05, 0) is 12.8 Å². The van der Waals surface area contributed by atoms with Gasteiger partial charge in [0.1, 0.15) is 0 Å². The fourth-order valence-corrected chi connectivity index (χ4v) is 1.34. The van der Waals surface area contributed by atoms with Crippen LogP contribution in [0.4, 0.5) is 0 Å². The number of unbranched alkanes of at least 4 members (excludes halogenated alkanes) is 1. The Balaban J connectivity index is 5.07. The molecule has 0 aromatic carbocycles. The maximum atomic E-state index is 11.1. The van der Waals surface area contributed by atoms with E-state index in [-0.39, 0.29) is 6.42 Å². The number of ether oxygens (including phenoxy) is 1. The van der Waals surface area contributed by atoms with Gasteiger partial charge in [0.05, 0.1) is 6.42 Å². The average molecular weight is 244 g/mol. The fraction of sp³-hybridized carbons (Fsp3) is 0.545. The Morgan fingerprint density at radius 2 is 1.94 bits per heavy atom. The lowest BCUT2D eigenvalue weighted by Gasteiger charge is -2.27. The van der Waals surface area contributed by atoms with Gasteiger partial charge < -0.3 is 14.9 Å². The molecular formula is C11H16O6. The number of hydrogen-bond acceptors (Lipinski definition) is 4. The molecule has 0 radical (unpaired) electrons. The van der Waals surface area contributed by atoms with E-state index in [2.05, 4.69) is 6.58 Å². The molecular weight excluding hydrogens is 228 g/mol. The molecule has 0 aliphatic carbocycles. The van der Waals surface area contributed by atoms with Crippen molar-refractivity contribution < 1.29 is 29.3 Å². The SMILES string of the molecule is C=CC(=O)OC(CCCC)(CC(=O)O)C(=O)O. The summed E-state index contributed by atoms with van der Waals surface area (Å²) in [6, 6.07) is 0. The van der Waals surface area contributed by atoms with Crippen LogP contribution in [0.5, 0.6) is 0 Å². The Kier molecular flexibility index (Phi) is 5.95. The van der Waals surface area contributed by atoms with E-state index in [0.717, 1.165) is 6.08 Å². The van der Waals surface area contributed by atoms with Crippen LogP contribution in [-0.4, -0.2) is 33.7 Å². The van der Waals surface area contributed by atoms with E-state index in [1.807, 2.05) is 6.92 Å². The molecule has 0 saturated heterocycles. The van der Waals surface area contributed by atoms with Gasteiger partial charge >= 0.3 is 17.9 Å². The third kappa shape index (κ3) is 4.67. The van der Waals surface area contributed by atoms with Gasteiger partial charge in [-0.3, -0.25) is 4.79 Å². The van der Waals surface area contributed by atoms with Crippen LogP contribution in [0, 0.1) is 0 Å². The lowest BCUT2D eigenvalue weighted by molar-refractivity contribution is -0.180. The van der Waals surface area contributed by atoms with Crippen LogP contribution < -0.4 is 0 Å². The maximum absolute atomic E-state index is 11.1. The number of carbonyl (C=O) groups is 3. The highest BCUT2D eigenvalue weighted by Gasteiger charge is 2.43. The van der Waals surface area contributed by atoms with E-state index < -0.39 is 29.9 Å². The second-order valence-electron chi connectivity index (χ2n) is 3.60. The van der Waals surface area contributed by atoms with Gasteiger partial charge in [-0.15, -0.1) is 0 Å². The Hall–Kier alpha value is -1.85. The minimum absolute atomic E-state index is 0.0370. The van der Waals surface area contributed by atoms with Crippen LogP contribution in [0.3, 0.4) is 0 Å². The molecule has 0 saturated carbocycles. The van der Waals surface area contributed by atoms with Crippen molar-refractivity contribution >= 4 is 17.9 Å². The highest BCUT2D eigenvalue weighted by Crippen LogP contribution is 2.25. The normalized spacial score (nSPS) is 13.5. The van der Waals surface area contributed by atoms with Crippen molar-refractivity contribution in [1.29, 1.82) is 0 Å². The molecule has 0 heterocycles. The first-order chi connectivity index (χ1) is 7.88. The zero-order chi connectivity index (χ0) is 13.5. The largest absolute Gasteiger partial charge is 0.481 e. The Morgan fingerprint density at radius 3 is 2.29 bits per heavy atom. The number of rotatable bonds is 8. The number of esters is 1. The van der Waals surface area contributed by atoms with E-state index in [9.17, 15) is 14.4 Å². The molecule has 0 aliphatic rings. The Labute approximate surface area is 98.9 Å². The van der Waals surface area contributed by atoms with E-state index in [4.69, 9.17) is 14.9 Å². The molecule has 2 N–H and O–H groups in total. The summed E-state index contributed by atoms with van der Waals surface area (Å²) in [4.78, 5) is 32.9. The molecule has 0 aliphatic heterocycles. The quantitative estimate of drug-likeness (QED) is 0.491. The fourth-order valence-electron chi connectivity index (χ4n) is 1.34. The monoisotopic (exact) mass is 244 g/mol. The molecule has 0 bridgehead atoms. The first-order valence-corrected chi connectivity index (χ1v) is 5.18. The highest BCUT2D eigenvalue weighted by atomic mass is 16.6. The number of carbonyl (C=O) groups excluding carboxylic acids is 1. The van der Waals surface area contributed by atoms with Gasteiger partial charge in [0.15, 0.2) is 0 Å². The molecule has 0 fully saturated rings. The second kappa shape index (κ2) is 6.67. The predicted molar refractivity (Wildman–Crippen MR) is 58.4 cm³/mol. The van der Waals surface area contributed by atoms with Crippen LogP contribution in [0.15, 0.2) is 12.7 Å². The summed E-state index contributed by atoms with van der Waals surface area (Å²) in [5, 5.41) is 17.8. The molecule has 0 amide bonds. The van der Waals surface area contributed by atoms with Crippen molar-refractivity contribution in [2.45, 2.75) is 38.2 Å². The lowest BCUT2D eigenvalue weighted by Crippen LogP contribution is -2.45. The number of carboxylic acid groups (broad SMARTS) is 2. The minimum Gasteiger partial charge on any atom is -0.481 e. The molecule has 6 nitrogen and oxygen atoms in total. The van der Waals surface area contributed by atoms with Crippen LogP contribution in [-0.2, 0) is 19.1 Å². The zero-order valence-electron chi connectivity index (χ0n) is 9.64. The lowest BCUT2D eigenvalue weighted by atomic mass is 9.92. The summed E-state index contributed by atoms with van der Waals surface area (Å²) in [6.45, 7) is 4.97. The molecule has 0 spiro atoms. The van der Waals surface area contributed by atoms with Crippen LogP contribution in [0.2, 0.25) is 0 Å². The third-order valence-corrected chi connectivity index (χ3v) is 2.22. The summed E-state index contributed by atoms with van der Waals surface area (Å²) in [6.07, 6.45) is 1.13. The Morgan fingerprint density at radius 1 is 1.35 bits per heavy atom. The van der Waals surface area contributed by atoms with Crippen molar-refractivity contribution in [3.63, 3.8) is 0 Å². The van der Waals surface area contributed by atoms with Crippen molar-refractivity contribution in [1.82, 2.24) is 0 Å².